The van der Waals surface area contributed by atoms with E-state index in [2.05, 4.69) is 25.3 Å². The van der Waals surface area contributed by atoms with Crippen LogP contribution in [0, 0.1) is 5.82 Å². The quantitative estimate of drug-likeness (QED) is 0.286. The number of ether oxygens (including phenoxy) is 2. The van der Waals surface area contributed by atoms with E-state index < -0.39 is 41.1 Å². The molecule has 12 nitrogen and oxygen atoms in total. The van der Waals surface area contributed by atoms with Gasteiger partial charge in [0.2, 0.25) is 0 Å². The number of hydrogen-bond donors (Lipinski definition) is 2. The number of nitrogen functional groups attached to an aromatic ring is 1. The second kappa shape index (κ2) is 13.8. The number of rotatable bonds is 4. The third-order valence-corrected chi connectivity index (χ3v) is 11.7. The van der Waals surface area contributed by atoms with Gasteiger partial charge >= 0.3 is 12.2 Å². The molecular weight excluding hydrogens is 725 g/mol. The van der Waals surface area contributed by atoms with Crippen LogP contribution in [0.4, 0.5) is 33.5 Å². The number of nitrogens with one attached hydrogen (secondary N) is 1. The van der Waals surface area contributed by atoms with Crippen LogP contribution in [0.1, 0.15) is 76.8 Å². The third-order valence-electron chi connectivity index (χ3n) is 11.3. The number of anilines is 2. The van der Waals surface area contributed by atoms with E-state index >= 15 is 4.39 Å². The van der Waals surface area contributed by atoms with Crippen LogP contribution >= 0.6 is 11.6 Å². The highest BCUT2D eigenvalue weighted by Crippen LogP contribution is 2.43. The van der Waals surface area contributed by atoms with Crippen molar-refractivity contribution in [1.82, 2.24) is 34.9 Å². The fraction of sp³-hybridized carbons (Fsp3) is 0.600. The predicted octanol–water partition coefficient (Wildman–Crippen LogP) is 4.68. The maximum Gasteiger partial charge on any atom is 0.416 e. The first-order chi connectivity index (χ1) is 25.3. The molecule has 4 saturated heterocycles. The molecule has 0 saturated carbocycles. The summed E-state index contributed by atoms with van der Waals surface area (Å²) < 4.78 is 82.1. The number of likely N-dealkylation sites (tertiary alicyclic amines) is 1. The van der Waals surface area contributed by atoms with Gasteiger partial charge in [0, 0.05) is 56.3 Å². The van der Waals surface area contributed by atoms with Gasteiger partial charge in [0.15, 0.2) is 11.5 Å². The van der Waals surface area contributed by atoms with Gasteiger partial charge in [0.25, 0.3) is 5.91 Å². The summed E-state index contributed by atoms with van der Waals surface area (Å²) in [6, 6.07) is 2.26. The molecule has 9 rings (SSSR count). The van der Waals surface area contributed by atoms with Gasteiger partial charge in [0.1, 0.15) is 12.0 Å². The molecule has 286 valence electrons. The zero-order chi connectivity index (χ0) is 37.2. The SMILES string of the molecule is COc1nc2c(c(N3CCCn4nc(C(=O)N5CC6(CCN6)C5)c(Cl)c4C3)n1)COC(c1c(C(F)(F)F)ccc(N)c1F)C2.FC1CC2CCCN2C1. The van der Waals surface area contributed by atoms with E-state index in [4.69, 9.17) is 26.8 Å². The van der Waals surface area contributed by atoms with Crippen molar-refractivity contribution in [3.63, 3.8) is 0 Å². The Labute approximate surface area is 307 Å². The summed E-state index contributed by atoms with van der Waals surface area (Å²) in [7, 11) is 1.38. The Morgan fingerprint density at radius 1 is 1.17 bits per heavy atom. The average Bonchev–Trinajstić information content (AvgIpc) is 3.70. The molecule has 0 aliphatic carbocycles. The lowest BCUT2D eigenvalue weighted by atomic mass is 9.80. The van der Waals surface area contributed by atoms with Crippen molar-refractivity contribution < 1.29 is 36.2 Å². The molecule has 3 aromatic rings. The summed E-state index contributed by atoms with van der Waals surface area (Å²) in [5, 5.41) is 8.22. The first kappa shape index (κ1) is 36.2. The number of alkyl halides is 4. The molecule has 0 bridgehead atoms. The topological polar surface area (TPSA) is 127 Å². The largest absolute Gasteiger partial charge is 0.467 e. The Kier molecular flexibility index (Phi) is 9.43. The number of carbonyl (C=O) groups is 1. The molecule has 6 aliphatic heterocycles. The lowest BCUT2D eigenvalue weighted by Crippen LogP contribution is -2.76. The van der Waals surface area contributed by atoms with E-state index in [1.165, 1.54) is 20.0 Å². The number of fused-ring (bicyclic) bond motifs is 3. The number of aromatic nitrogens is 4. The van der Waals surface area contributed by atoms with Gasteiger partial charge in [-0.1, -0.05) is 11.6 Å². The fourth-order valence-corrected chi connectivity index (χ4v) is 8.77. The van der Waals surface area contributed by atoms with E-state index in [0.717, 1.165) is 38.1 Å². The van der Waals surface area contributed by atoms with Crippen LogP contribution in [0.3, 0.4) is 0 Å². The van der Waals surface area contributed by atoms with Gasteiger partial charge in [-0.2, -0.15) is 28.2 Å². The van der Waals surface area contributed by atoms with Crippen molar-refractivity contribution in [3.8, 4) is 6.01 Å². The minimum Gasteiger partial charge on any atom is -0.467 e. The van der Waals surface area contributed by atoms with Gasteiger partial charge in [-0.25, -0.2) is 8.78 Å². The Balaban J connectivity index is 0.000000386. The van der Waals surface area contributed by atoms with Crippen LogP contribution in [0.5, 0.6) is 6.01 Å². The first-order valence-corrected chi connectivity index (χ1v) is 18.3. The molecule has 1 spiro atoms. The van der Waals surface area contributed by atoms with Crippen LogP contribution in [0.15, 0.2) is 12.1 Å². The monoisotopic (exact) mass is 765 g/mol. The number of methoxy groups -OCH3 is 1. The Hall–Kier alpha value is -3.80. The summed E-state index contributed by atoms with van der Waals surface area (Å²) in [6.45, 7) is 5.17. The smallest absolute Gasteiger partial charge is 0.416 e. The highest BCUT2D eigenvalue weighted by Gasteiger charge is 2.50. The summed E-state index contributed by atoms with van der Waals surface area (Å²) >= 11 is 6.78. The maximum atomic E-state index is 15.1. The summed E-state index contributed by atoms with van der Waals surface area (Å²) in [6.07, 6.45) is -1.78. The van der Waals surface area contributed by atoms with Gasteiger partial charge < -0.3 is 30.3 Å². The minimum atomic E-state index is -4.82. The first-order valence-electron chi connectivity index (χ1n) is 18.0. The van der Waals surface area contributed by atoms with Crippen molar-refractivity contribution in [2.75, 3.05) is 57.0 Å². The number of halogens is 6. The van der Waals surface area contributed by atoms with E-state index in [1.54, 1.807) is 9.58 Å². The molecule has 3 unspecified atom stereocenters. The molecule has 1 amide bonds. The van der Waals surface area contributed by atoms with Crippen molar-refractivity contribution in [2.45, 2.75) is 88.3 Å². The number of benzene rings is 1. The van der Waals surface area contributed by atoms with E-state index in [-0.39, 0.29) is 47.7 Å². The lowest BCUT2D eigenvalue weighted by molar-refractivity contribution is -0.140. The number of nitrogens with zero attached hydrogens (tertiary/aromatic N) is 7. The van der Waals surface area contributed by atoms with Crippen LogP contribution in [0.25, 0.3) is 0 Å². The highest BCUT2D eigenvalue weighted by atomic mass is 35.5. The van der Waals surface area contributed by atoms with Crippen LogP contribution in [0.2, 0.25) is 5.02 Å². The average molecular weight is 766 g/mol. The normalized spacial score (nSPS) is 24.7. The summed E-state index contributed by atoms with van der Waals surface area (Å²) in [4.78, 5) is 28.2. The summed E-state index contributed by atoms with van der Waals surface area (Å²) in [5.41, 5.74) is 5.19. The van der Waals surface area contributed by atoms with Crippen molar-refractivity contribution in [3.05, 3.63) is 56.7 Å². The molecule has 8 heterocycles. The second-order valence-corrected chi connectivity index (χ2v) is 15.1. The lowest BCUT2D eigenvalue weighted by Gasteiger charge is -2.56. The molecule has 4 fully saturated rings. The third kappa shape index (κ3) is 6.67. The van der Waals surface area contributed by atoms with Crippen LogP contribution in [-0.2, 0) is 37.0 Å². The minimum absolute atomic E-state index is 0.000438. The molecule has 3 atom stereocenters. The zero-order valence-corrected chi connectivity index (χ0v) is 29.9. The maximum absolute atomic E-state index is 15.1. The number of amides is 1. The standard InChI is InChI=1S/C28H29ClF4N8O3.C7H12FN/c1-43-26-36-17-9-19(20-15(28(31,32)33)3-4-16(34)22(20)30)44-11-14(17)24(37-26)39-7-2-8-41-18(10-39)21(29)23(38-41)25(42)40-12-27(13-40)5-6-35-27;8-6-4-7-2-1-3-9(7)5-6/h3-4,19,35H,2,5-13,34H2,1H3;6-7H,1-5H2. The van der Waals surface area contributed by atoms with Gasteiger partial charge in [-0.3, -0.25) is 14.4 Å². The fourth-order valence-electron chi connectivity index (χ4n) is 8.49. The second-order valence-electron chi connectivity index (χ2n) is 14.7. The number of nitrogens with two attached hydrogens (primary N) is 1. The molecule has 53 heavy (non-hydrogen) atoms. The molecule has 6 aliphatic rings. The highest BCUT2D eigenvalue weighted by molar-refractivity contribution is 6.34. The molecule has 1 aromatic carbocycles. The molecule has 2 aromatic heterocycles. The van der Waals surface area contributed by atoms with Crippen molar-refractivity contribution in [1.29, 1.82) is 0 Å². The van der Waals surface area contributed by atoms with Crippen LogP contribution in [-0.4, -0.2) is 99.6 Å². The van der Waals surface area contributed by atoms with Crippen molar-refractivity contribution >= 4 is 29.0 Å². The van der Waals surface area contributed by atoms with Gasteiger partial charge in [-0.15, -0.1) is 0 Å². The Morgan fingerprint density at radius 3 is 2.66 bits per heavy atom. The predicted molar refractivity (Wildman–Crippen MR) is 184 cm³/mol. The van der Waals surface area contributed by atoms with Gasteiger partial charge in [0.05, 0.1) is 59.6 Å². The molecular formula is C35H41ClF5N9O3. The number of hydrogen-bond acceptors (Lipinski definition) is 10. The van der Waals surface area contributed by atoms with E-state index in [1.807, 2.05) is 4.90 Å². The van der Waals surface area contributed by atoms with E-state index in [0.29, 0.717) is 68.0 Å². The molecule has 0 radical (unpaired) electrons. The number of aryl methyl sites for hydroxylation is 1. The number of carbonyl (C=O) groups excluding carboxylic acids is 1. The van der Waals surface area contributed by atoms with Crippen molar-refractivity contribution in [2.24, 2.45) is 0 Å². The molecule has 3 N–H and O–H groups in total. The Bertz CT molecular complexity index is 1890. The van der Waals surface area contributed by atoms with Gasteiger partial charge in [-0.05, 0) is 57.3 Å². The molecule has 18 heteroatoms. The summed E-state index contributed by atoms with van der Waals surface area (Å²) in [5.74, 6) is -0.935. The van der Waals surface area contributed by atoms with Crippen LogP contribution < -0.4 is 20.7 Å². The Morgan fingerprint density at radius 2 is 1.96 bits per heavy atom. The van der Waals surface area contributed by atoms with E-state index in [9.17, 15) is 22.4 Å². The zero-order valence-electron chi connectivity index (χ0n) is 29.2.